The lowest BCUT2D eigenvalue weighted by Gasteiger charge is -2.19. The zero-order valence-electron chi connectivity index (χ0n) is 14.6. The van der Waals surface area contributed by atoms with Crippen molar-refractivity contribution in [1.82, 2.24) is 0 Å². The average Bonchev–Trinajstić information content (AvgIpc) is 2.58. The standard InChI is InChI=1S/C20H23NO3/c1-20(2,3)16-6-8-17(9-7-16)23-11-12-24-19-13-15(14-21)5-10-18(19)22-4/h5-10,13H,11-12H2,1-4H3. The van der Waals surface area contributed by atoms with Crippen molar-refractivity contribution < 1.29 is 14.2 Å². The third-order valence-corrected chi connectivity index (χ3v) is 3.62. The highest BCUT2D eigenvalue weighted by molar-refractivity contribution is 5.46. The van der Waals surface area contributed by atoms with E-state index in [-0.39, 0.29) is 5.41 Å². The van der Waals surface area contributed by atoms with Crippen molar-refractivity contribution >= 4 is 0 Å². The van der Waals surface area contributed by atoms with Crippen molar-refractivity contribution in [2.45, 2.75) is 26.2 Å². The highest BCUT2D eigenvalue weighted by atomic mass is 16.5. The molecule has 0 radical (unpaired) electrons. The van der Waals surface area contributed by atoms with Crippen LogP contribution >= 0.6 is 0 Å². The first kappa shape index (κ1) is 17.7. The highest BCUT2D eigenvalue weighted by Crippen LogP contribution is 2.28. The summed E-state index contributed by atoms with van der Waals surface area (Å²) in [5.41, 5.74) is 1.93. The summed E-state index contributed by atoms with van der Waals surface area (Å²) in [5.74, 6) is 1.95. The van der Waals surface area contributed by atoms with Crippen molar-refractivity contribution in [3.8, 4) is 23.3 Å². The maximum Gasteiger partial charge on any atom is 0.162 e. The van der Waals surface area contributed by atoms with Gasteiger partial charge in [0.2, 0.25) is 0 Å². The van der Waals surface area contributed by atoms with E-state index in [1.807, 2.05) is 12.1 Å². The smallest absolute Gasteiger partial charge is 0.162 e. The third-order valence-electron chi connectivity index (χ3n) is 3.62. The van der Waals surface area contributed by atoms with Crippen LogP contribution in [-0.2, 0) is 5.41 Å². The van der Waals surface area contributed by atoms with E-state index in [0.29, 0.717) is 30.3 Å². The Balaban J connectivity index is 1.88. The van der Waals surface area contributed by atoms with E-state index in [0.717, 1.165) is 5.75 Å². The van der Waals surface area contributed by atoms with Gasteiger partial charge in [0, 0.05) is 6.07 Å². The van der Waals surface area contributed by atoms with Gasteiger partial charge < -0.3 is 14.2 Å². The normalized spacial score (nSPS) is 10.8. The van der Waals surface area contributed by atoms with Crippen LogP contribution in [-0.4, -0.2) is 20.3 Å². The monoisotopic (exact) mass is 325 g/mol. The molecule has 2 aromatic carbocycles. The molecule has 0 heterocycles. The molecule has 126 valence electrons. The molecule has 4 heteroatoms. The Hall–Kier alpha value is -2.67. The summed E-state index contributed by atoms with van der Waals surface area (Å²) >= 11 is 0. The number of methoxy groups -OCH3 is 1. The van der Waals surface area contributed by atoms with Crippen LogP contribution in [0.2, 0.25) is 0 Å². The molecule has 0 saturated heterocycles. The van der Waals surface area contributed by atoms with E-state index >= 15 is 0 Å². The Labute approximate surface area is 143 Å². The molecule has 0 bridgehead atoms. The molecule has 2 rings (SSSR count). The van der Waals surface area contributed by atoms with Crippen molar-refractivity contribution in [2.75, 3.05) is 20.3 Å². The predicted molar refractivity (Wildman–Crippen MR) is 93.8 cm³/mol. The molecule has 0 fully saturated rings. The van der Waals surface area contributed by atoms with Crippen LogP contribution in [0.15, 0.2) is 42.5 Å². The first-order valence-corrected chi connectivity index (χ1v) is 7.88. The maximum atomic E-state index is 8.95. The highest BCUT2D eigenvalue weighted by Gasteiger charge is 2.13. The second-order valence-corrected chi connectivity index (χ2v) is 6.45. The van der Waals surface area contributed by atoms with Crippen LogP contribution in [0.1, 0.15) is 31.9 Å². The van der Waals surface area contributed by atoms with Crippen molar-refractivity contribution in [1.29, 1.82) is 5.26 Å². The first-order valence-electron chi connectivity index (χ1n) is 7.88. The number of nitriles is 1. The van der Waals surface area contributed by atoms with Gasteiger partial charge in [-0.05, 0) is 35.2 Å². The van der Waals surface area contributed by atoms with Crippen molar-refractivity contribution in [3.05, 3.63) is 53.6 Å². The van der Waals surface area contributed by atoms with Gasteiger partial charge in [-0.2, -0.15) is 5.26 Å². The molecular formula is C20H23NO3. The fourth-order valence-corrected chi connectivity index (χ4v) is 2.22. The summed E-state index contributed by atoms with van der Waals surface area (Å²) in [6, 6.07) is 15.3. The van der Waals surface area contributed by atoms with Gasteiger partial charge in [-0.1, -0.05) is 32.9 Å². The molecule has 0 N–H and O–H groups in total. The zero-order valence-corrected chi connectivity index (χ0v) is 14.6. The summed E-state index contributed by atoms with van der Waals surface area (Å²) in [6.07, 6.45) is 0. The van der Waals surface area contributed by atoms with Crippen LogP contribution in [0.5, 0.6) is 17.2 Å². The molecule has 0 unspecified atom stereocenters. The van der Waals surface area contributed by atoms with E-state index in [1.165, 1.54) is 5.56 Å². The SMILES string of the molecule is COc1ccc(C#N)cc1OCCOc1ccc(C(C)(C)C)cc1. The van der Waals surface area contributed by atoms with Crippen LogP contribution in [0.25, 0.3) is 0 Å². The van der Waals surface area contributed by atoms with Crippen LogP contribution in [0, 0.1) is 11.3 Å². The first-order chi connectivity index (χ1) is 11.4. The van der Waals surface area contributed by atoms with Crippen LogP contribution in [0.4, 0.5) is 0 Å². The number of hydrogen-bond acceptors (Lipinski definition) is 4. The number of ether oxygens (including phenoxy) is 3. The Bertz CT molecular complexity index is 709. The molecule has 4 nitrogen and oxygen atoms in total. The van der Waals surface area contributed by atoms with Gasteiger partial charge in [0.15, 0.2) is 11.5 Å². The number of nitrogens with zero attached hydrogens (tertiary/aromatic N) is 1. The van der Waals surface area contributed by atoms with E-state index in [4.69, 9.17) is 19.5 Å². The van der Waals surface area contributed by atoms with Gasteiger partial charge in [-0.3, -0.25) is 0 Å². The lowest BCUT2D eigenvalue weighted by Crippen LogP contribution is -2.12. The maximum absolute atomic E-state index is 8.95. The van der Waals surface area contributed by atoms with Gasteiger partial charge in [-0.25, -0.2) is 0 Å². The van der Waals surface area contributed by atoms with Crippen LogP contribution in [0.3, 0.4) is 0 Å². The molecule has 0 aliphatic carbocycles. The number of hydrogen-bond donors (Lipinski definition) is 0. The fourth-order valence-electron chi connectivity index (χ4n) is 2.22. The van der Waals surface area contributed by atoms with Gasteiger partial charge in [0.1, 0.15) is 19.0 Å². The van der Waals surface area contributed by atoms with Crippen molar-refractivity contribution in [2.24, 2.45) is 0 Å². The lowest BCUT2D eigenvalue weighted by molar-refractivity contribution is 0.211. The molecule has 0 aromatic heterocycles. The molecule has 2 aromatic rings. The Kier molecular flexibility index (Phi) is 5.70. The summed E-state index contributed by atoms with van der Waals surface area (Å²) in [4.78, 5) is 0. The molecule has 0 saturated carbocycles. The minimum absolute atomic E-state index is 0.129. The number of benzene rings is 2. The van der Waals surface area contributed by atoms with Crippen molar-refractivity contribution in [3.63, 3.8) is 0 Å². The summed E-state index contributed by atoms with van der Waals surface area (Å²) in [5, 5.41) is 8.95. The van der Waals surface area contributed by atoms with E-state index in [2.05, 4.69) is 39.0 Å². The summed E-state index contributed by atoms with van der Waals surface area (Å²) < 4.78 is 16.6. The van der Waals surface area contributed by atoms with Gasteiger partial charge in [0.25, 0.3) is 0 Å². The van der Waals surface area contributed by atoms with Gasteiger partial charge in [-0.15, -0.1) is 0 Å². The largest absolute Gasteiger partial charge is 0.493 e. The second kappa shape index (κ2) is 7.74. The predicted octanol–water partition coefficient (Wildman–Crippen LogP) is 4.32. The topological polar surface area (TPSA) is 51.5 Å². The molecule has 0 spiro atoms. The average molecular weight is 325 g/mol. The third kappa shape index (κ3) is 4.66. The molecule has 24 heavy (non-hydrogen) atoms. The van der Waals surface area contributed by atoms with E-state index in [1.54, 1.807) is 25.3 Å². The Morgan fingerprint density at radius 1 is 0.917 bits per heavy atom. The molecular weight excluding hydrogens is 302 g/mol. The van der Waals surface area contributed by atoms with E-state index < -0.39 is 0 Å². The minimum Gasteiger partial charge on any atom is -0.493 e. The minimum atomic E-state index is 0.129. The second-order valence-electron chi connectivity index (χ2n) is 6.45. The summed E-state index contributed by atoms with van der Waals surface area (Å²) in [6.45, 7) is 7.32. The Morgan fingerprint density at radius 2 is 1.58 bits per heavy atom. The lowest BCUT2D eigenvalue weighted by atomic mass is 9.87. The van der Waals surface area contributed by atoms with Crippen LogP contribution < -0.4 is 14.2 Å². The quantitative estimate of drug-likeness (QED) is 0.742. The molecule has 0 aliphatic heterocycles. The molecule has 0 amide bonds. The molecule has 0 aliphatic rings. The summed E-state index contributed by atoms with van der Waals surface area (Å²) in [7, 11) is 1.57. The van der Waals surface area contributed by atoms with Gasteiger partial charge in [0.05, 0.1) is 18.7 Å². The molecule has 0 atom stereocenters. The van der Waals surface area contributed by atoms with Gasteiger partial charge >= 0.3 is 0 Å². The Morgan fingerprint density at radius 3 is 2.17 bits per heavy atom. The zero-order chi connectivity index (χ0) is 17.6. The number of rotatable bonds is 6. The fraction of sp³-hybridized carbons (Fsp3) is 0.350. The van der Waals surface area contributed by atoms with E-state index in [9.17, 15) is 0 Å².